The predicted molar refractivity (Wildman–Crippen MR) is 54.1 cm³/mol. The molecule has 0 aliphatic heterocycles. The molecule has 4 heteroatoms. The Labute approximate surface area is 87.1 Å². The Hall–Kier alpha value is -1.91. The van der Waals surface area contributed by atoms with Gasteiger partial charge in [-0.2, -0.15) is 5.48 Å². The number of nitrogens with zero attached hydrogens (tertiary/aromatic N) is 1. The monoisotopic (exact) mass is 203 g/mol. The van der Waals surface area contributed by atoms with Crippen molar-refractivity contribution in [2.24, 2.45) is 0 Å². The third-order valence-corrected chi connectivity index (χ3v) is 1.89. The van der Waals surface area contributed by atoms with E-state index in [-0.39, 0.29) is 0 Å². The highest BCUT2D eigenvalue weighted by molar-refractivity contribution is 5.39. The topological polar surface area (TPSA) is 59.0 Å². The lowest BCUT2D eigenvalue weighted by Crippen LogP contribution is -2.73. The molecule has 0 bridgehead atoms. The van der Waals surface area contributed by atoms with E-state index in [2.05, 4.69) is 4.98 Å². The summed E-state index contributed by atoms with van der Waals surface area (Å²) in [6.45, 7) is 0. The van der Waals surface area contributed by atoms with Crippen LogP contribution in [-0.4, -0.2) is 10.2 Å². The van der Waals surface area contributed by atoms with Gasteiger partial charge in [0.25, 0.3) is 0 Å². The van der Waals surface area contributed by atoms with Crippen LogP contribution in [0.25, 0.3) is 0 Å². The van der Waals surface area contributed by atoms with Crippen LogP contribution in [-0.2, 0) is 0 Å². The van der Waals surface area contributed by atoms with Crippen LogP contribution in [0.3, 0.4) is 0 Å². The first-order valence-electron chi connectivity index (χ1n) is 4.54. The van der Waals surface area contributed by atoms with Crippen LogP contribution < -0.4 is 10.2 Å². The SMILES string of the molecule is O[NH2+]c1cccc(Oc2ccncc2)c1. The van der Waals surface area contributed by atoms with Gasteiger partial charge in [-0.15, -0.1) is 0 Å². The van der Waals surface area contributed by atoms with Crippen LogP contribution in [0.2, 0.25) is 0 Å². The standard InChI is InChI=1S/C11H10N2O2/c14-13-9-2-1-3-11(8-9)15-10-4-6-12-7-5-10/h1-8,13-14H/p+1. The summed E-state index contributed by atoms with van der Waals surface area (Å²) in [5.41, 5.74) is 1.75. The first-order valence-corrected chi connectivity index (χ1v) is 4.54. The van der Waals surface area contributed by atoms with Crippen molar-refractivity contribution in [2.45, 2.75) is 0 Å². The zero-order valence-electron chi connectivity index (χ0n) is 8.00. The molecule has 2 aromatic rings. The molecule has 0 radical (unpaired) electrons. The summed E-state index contributed by atoms with van der Waals surface area (Å²) < 4.78 is 5.55. The fraction of sp³-hybridized carbons (Fsp3) is 0. The van der Waals surface area contributed by atoms with E-state index in [1.165, 1.54) is 0 Å². The van der Waals surface area contributed by atoms with Gasteiger partial charge in [-0.1, -0.05) is 6.07 Å². The molecule has 15 heavy (non-hydrogen) atoms. The average Bonchev–Trinajstić information content (AvgIpc) is 2.31. The van der Waals surface area contributed by atoms with E-state index in [0.717, 1.165) is 11.2 Å². The minimum Gasteiger partial charge on any atom is -0.457 e. The first-order chi connectivity index (χ1) is 7.38. The molecule has 0 aliphatic carbocycles. The van der Waals surface area contributed by atoms with Crippen LogP contribution in [0.5, 0.6) is 11.5 Å². The van der Waals surface area contributed by atoms with E-state index in [9.17, 15) is 0 Å². The Kier molecular flexibility index (Phi) is 2.92. The Bertz CT molecular complexity index is 432. The van der Waals surface area contributed by atoms with Crippen LogP contribution in [0, 0.1) is 0 Å². The minimum absolute atomic E-state index is 0.684. The fourth-order valence-corrected chi connectivity index (χ4v) is 1.20. The van der Waals surface area contributed by atoms with E-state index in [1.807, 2.05) is 12.1 Å². The number of pyridine rings is 1. The molecule has 0 unspecified atom stereocenters. The van der Waals surface area contributed by atoms with Crippen molar-refractivity contribution in [3.8, 4) is 11.5 Å². The molecular weight excluding hydrogens is 192 g/mol. The summed E-state index contributed by atoms with van der Waals surface area (Å²) in [6.07, 6.45) is 3.33. The molecule has 2 rings (SSSR count). The summed E-state index contributed by atoms with van der Waals surface area (Å²) in [7, 11) is 0. The van der Waals surface area contributed by atoms with E-state index in [1.54, 1.807) is 36.7 Å². The second-order valence-corrected chi connectivity index (χ2v) is 2.99. The lowest BCUT2D eigenvalue weighted by atomic mass is 10.3. The Morgan fingerprint density at radius 1 is 1.07 bits per heavy atom. The number of rotatable bonds is 3. The number of hydrogen-bond donors (Lipinski definition) is 2. The van der Waals surface area contributed by atoms with Gasteiger partial charge < -0.3 is 4.74 Å². The number of ether oxygens (including phenoxy) is 1. The zero-order chi connectivity index (χ0) is 10.5. The molecule has 0 spiro atoms. The van der Waals surface area contributed by atoms with Gasteiger partial charge in [-0.05, 0) is 18.2 Å². The van der Waals surface area contributed by atoms with Crippen molar-refractivity contribution >= 4 is 5.69 Å². The maximum absolute atomic E-state index is 8.84. The van der Waals surface area contributed by atoms with Gasteiger partial charge in [-0.25, -0.2) is 5.21 Å². The van der Waals surface area contributed by atoms with Crippen molar-refractivity contribution in [1.82, 2.24) is 4.98 Å². The maximum Gasteiger partial charge on any atom is 0.165 e. The van der Waals surface area contributed by atoms with Crippen LogP contribution in [0.15, 0.2) is 48.8 Å². The molecule has 0 atom stereocenters. The van der Waals surface area contributed by atoms with Crippen LogP contribution in [0.4, 0.5) is 5.69 Å². The van der Waals surface area contributed by atoms with Crippen molar-refractivity contribution in [2.75, 3.05) is 0 Å². The van der Waals surface area contributed by atoms with Gasteiger partial charge >= 0.3 is 0 Å². The van der Waals surface area contributed by atoms with E-state index < -0.39 is 0 Å². The molecule has 76 valence electrons. The quantitative estimate of drug-likeness (QED) is 0.586. The summed E-state index contributed by atoms with van der Waals surface area (Å²) in [4.78, 5) is 3.89. The van der Waals surface area contributed by atoms with E-state index in [0.29, 0.717) is 11.4 Å². The lowest BCUT2D eigenvalue weighted by molar-refractivity contribution is -0.825. The molecule has 0 fully saturated rings. The molecule has 1 heterocycles. The highest BCUT2D eigenvalue weighted by atomic mass is 16.5. The third kappa shape index (κ3) is 2.52. The molecule has 4 nitrogen and oxygen atoms in total. The minimum atomic E-state index is 0.684. The first kappa shape index (κ1) is 9.64. The highest BCUT2D eigenvalue weighted by Gasteiger charge is 1.99. The molecule has 0 amide bonds. The van der Waals surface area contributed by atoms with Gasteiger partial charge in [-0.3, -0.25) is 4.98 Å². The molecule has 0 aliphatic rings. The van der Waals surface area contributed by atoms with Crippen LogP contribution >= 0.6 is 0 Å². The van der Waals surface area contributed by atoms with Gasteiger partial charge in [0.05, 0.1) is 0 Å². The smallest absolute Gasteiger partial charge is 0.165 e. The molecular formula is C11H11N2O2+. The lowest BCUT2D eigenvalue weighted by Gasteiger charge is -2.04. The average molecular weight is 203 g/mol. The molecule has 1 aromatic heterocycles. The summed E-state index contributed by atoms with van der Waals surface area (Å²) >= 11 is 0. The van der Waals surface area contributed by atoms with Crippen LogP contribution in [0.1, 0.15) is 0 Å². The largest absolute Gasteiger partial charge is 0.457 e. The van der Waals surface area contributed by atoms with E-state index >= 15 is 0 Å². The predicted octanol–water partition coefficient (Wildman–Crippen LogP) is 1.46. The maximum atomic E-state index is 8.84. The number of hydrogen-bond acceptors (Lipinski definition) is 3. The van der Waals surface area contributed by atoms with Crippen molar-refractivity contribution in [3.05, 3.63) is 48.8 Å². The van der Waals surface area contributed by atoms with Crippen molar-refractivity contribution in [1.29, 1.82) is 0 Å². The molecule has 0 saturated heterocycles. The van der Waals surface area contributed by atoms with Gasteiger partial charge in [0.15, 0.2) is 5.69 Å². The summed E-state index contributed by atoms with van der Waals surface area (Å²) in [5.74, 6) is 1.41. The van der Waals surface area contributed by atoms with Gasteiger partial charge in [0.1, 0.15) is 11.5 Å². The molecule has 3 N–H and O–H groups in total. The number of nitrogens with two attached hydrogens (primary N) is 1. The Balaban J connectivity index is 2.17. The van der Waals surface area contributed by atoms with Crippen molar-refractivity contribution in [3.63, 3.8) is 0 Å². The van der Waals surface area contributed by atoms with Gasteiger partial charge in [0, 0.05) is 24.5 Å². The Morgan fingerprint density at radius 3 is 2.60 bits per heavy atom. The van der Waals surface area contributed by atoms with E-state index in [4.69, 9.17) is 9.94 Å². The second kappa shape index (κ2) is 4.54. The zero-order valence-corrected chi connectivity index (χ0v) is 8.00. The summed E-state index contributed by atoms with van der Waals surface area (Å²) in [6, 6.07) is 10.7. The van der Waals surface area contributed by atoms with Gasteiger partial charge in [0.2, 0.25) is 0 Å². The summed E-state index contributed by atoms with van der Waals surface area (Å²) in [5, 5.41) is 8.84. The number of quaternary nitrogens is 1. The third-order valence-electron chi connectivity index (χ3n) is 1.89. The fourth-order valence-electron chi connectivity index (χ4n) is 1.20. The molecule has 0 saturated carbocycles. The number of aromatic nitrogens is 1. The second-order valence-electron chi connectivity index (χ2n) is 2.99. The van der Waals surface area contributed by atoms with Crippen molar-refractivity contribution < 1.29 is 15.4 Å². The number of benzene rings is 1. The normalized spacial score (nSPS) is 9.93. The molecule has 1 aromatic carbocycles. The Morgan fingerprint density at radius 2 is 1.87 bits per heavy atom. The highest BCUT2D eigenvalue weighted by Crippen LogP contribution is 2.21.